The zero-order chi connectivity index (χ0) is 23.0. The van der Waals surface area contributed by atoms with E-state index in [1.54, 1.807) is 50.7 Å². The molecule has 2 aliphatic rings. The van der Waals surface area contributed by atoms with E-state index in [-0.39, 0.29) is 11.8 Å². The van der Waals surface area contributed by atoms with Crippen LogP contribution in [0.3, 0.4) is 0 Å². The third-order valence-corrected chi connectivity index (χ3v) is 6.65. The molecule has 0 radical (unpaired) electrons. The van der Waals surface area contributed by atoms with Gasteiger partial charge in [-0.3, -0.25) is 14.6 Å². The first kappa shape index (κ1) is 22.1. The number of ether oxygens (including phenoxy) is 2. The molecule has 4 rings (SSSR count). The smallest absolute Gasteiger partial charge is 0.254 e. The summed E-state index contributed by atoms with van der Waals surface area (Å²) in [7, 11) is 4.85. The lowest BCUT2D eigenvalue weighted by Crippen LogP contribution is -2.50. The van der Waals surface area contributed by atoms with Crippen LogP contribution in [0.2, 0.25) is 0 Å². The van der Waals surface area contributed by atoms with Crippen molar-refractivity contribution in [2.75, 3.05) is 34.4 Å². The van der Waals surface area contributed by atoms with Crippen molar-refractivity contribution < 1.29 is 19.1 Å². The highest BCUT2D eigenvalue weighted by molar-refractivity contribution is 6.02. The summed E-state index contributed by atoms with van der Waals surface area (Å²) in [6.45, 7) is 5.82. The highest BCUT2D eigenvalue weighted by atomic mass is 16.5. The number of nitrogens with zero attached hydrogens (tertiary/aromatic N) is 3. The fourth-order valence-corrected chi connectivity index (χ4v) is 5.32. The largest absolute Gasteiger partial charge is 0.493 e. The van der Waals surface area contributed by atoms with Crippen LogP contribution >= 0.6 is 0 Å². The van der Waals surface area contributed by atoms with Gasteiger partial charge in [0.15, 0.2) is 11.5 Å². The number of rotatable bonds is 4. The molecule has 1 fully saturated rings. The van der Waals surface area contributed by atoms with Gasteiger partial charge in [0.1, 0.15) is 0 Å². The molecule has 2 aromatic rings. The second kappa shape index (κ2) is 8.81. The van der Waals surface area contributed by atoms with Crippen LogP contribution in [-0.4, -0.2) is 61.0 Å². The topological polar surface area (TPSA) is 72.0 Å². The summed E-state index contributed by atoms with van der Waals surface area (Å²) in [4.78, 5) is 35.4. The fraction of sp³-hybridized carbons (Fsp3) is 0.480. The average molecular weight is 438 g/mol. The number of benzene rings is 1. The molecule has 0 aliphatic carbocycles. The first-order chi connectivity index (χ1) is 15.3. The van der Waals surface area contributed by atoms with Crippen LogP contribution in [-0.2, 0) is 4.79 Å². The lowest BCUT2D eigenvalue weighted by Gasteiger charge is -2.43. The number of carbonyl (C=O) groups is 2. The van der Waals surface area contributed by atoms with E-state index in [9.17, 15) is 9.59 Å². The van der Waals surface area contributed by atoms with Gasteiger partial charge in [0, 0.05) is 38.1 Å². The molecule has 0 N–H and O–H groups in total. The van der Waals surface area contributed by atoms with Gasteiger partial charge in [0.2, 0.25) is 5.91 Å². The Bertz CT molecular complexity index is 1000. The Balaban J connectivity index is 1.88. The van der Waals surface area contributed by atoms with Crippen molar-refractivity contribution in [3.63, 3.8) is 0 Å². The SMILES string of the molecule is COc1cc2c(cc1OC)[C@H](C(=O)N1C[C@H](C)C[C@@H](C)C1)[C@@H](c1cccnc1)N(C)C2=O. The number of hydrogen-bond acceptors (Lipinski definition) is 5. The van der Waals surface area contributed by atoms with Crippen LogP contribution < -0.4 is 9.47 Å². The molecule has 1 aromatic carbocycles. The van der Waals surface area contributed by atoms with Gasteiger partial charge in [0.25, 0.3) is 5.91 Å². The molecule has 32 heavy (non-hydrogen) atoms. The first-order valence-electron chi connectivity index (χ1n) is 11.1. The van der Waals surface area contributed by atoms with Gasteiger partial charge in [-0.25, -0.2) is 0 Å². The van der Waals surface area contributed by atoms with E-state index in [1.807, 2.05) is 17.0 Å². The Morgan fingerprint density at radius 3 is 2.34 bits per heavy atom. The second-order valence-corrected chi connectivity index (χ2v) is 9.11. The van der Waals surface area contributed by atoms with Crippen molar-refractivity contribution in [2.45, 2.75) is 32.2 Å². The lowest BCUT2D eigenvalue weighted by atomic mass is 9.78. The molecular weight excluding hydrogens is 406 g/mol. The summed E-state index contributed by atoms with van der Waals surface area (Å²) >= 11 is 0. The number of fused-ring (bicyclic) bond motifs is 1. The molecule has 2 aliphatic heterocycles. The predicted octanol–water partition coefficient (Wildman–Crippen LogP) is 3.51. The molecule has 0 saturated carbocycles. The monoisotopic (exact) mass is 437 g/mol. The number of piperidine rings is 1. The summed E-state index contributed by atoms with van der Waals surface area (Å²) in [5.41, 5.74) is 1.98. The van der Waals surface area contributed by atoms with Crippen LogP contribution in [0.1, 0.15) is 53.7 Å². The minimum Gasteiger partial charge on any atom is -0.493 e. The van der Waals surface area contributed by atoms with E-state index in [0.29, 0.717) is 34.5 Å². The highest BCUT2D eigenvalue weighted by Crippen LogP contribution is 2.46. The van der Waals surface area contributed by atoms with Gasteiger partial charge in [-0.05, 0) is 47.6 Å². The van der Waals surface area contributed by atoms with Gasteiger partial charge in [-0.1, -0.05) is 19.9 Å². The van der Waals surface area contributed by atoms with Crippen LogP contribution in [0, 0.1) is 11.8 Å². The number of pyridine rings is 1. The highest BCUT2D eigenvalue weighted by Gasteiger charge is 2.45. The zero-order valence-corrected chi connectivity index (χ0v) is 19.4. The molecule has 0 unspecified atom stereocenters. The fourth-order valence-electron chi connectivity index (χ4n) is 5.32. The van der Waals surface area contributed by atoms with Crippen LogP contribution in [0.5, 0.6) is 11.5 Å². The third-order valence-electron chi connectivity index (χ3n) is 6.65. The van der Waals surface area contributed by atoms with Crippen molar-refractivity contribution in [1.29, 1.82) is 0 Å². The van der Waals surface area contributed by atoms with E-state index in [1.165, 1.54) is 0 Å². The maximum absolute atomic E-state index is 14.1. The van der Waals surface area contributed by atoms with E-state index < -0.39 is 12.0 Å². The van der Waals surface area contributed by atoms with E-state index >= 15 is 0 Å². The average Bonchev–Trinajstić information content (AvgIpc) is 2.79. The molecule has 3 heterocycles. The Morgan fingerprint density at radius 2 is 1.75 bits per heavy atom. The summed E-state index contributed by atoms with van der Waals surface area (Å²) in [6.07, 6.45) is 4.54. The number of likely N-dealkylation sites (tertiary alicyclic amines) is 1. The zero-order valence-electron chi connectivity index (χ0n) is 19.4. The van der Waals surface area contributed by atoms with Crippen LogP contribution in [0.4, 0.5) is 0 Å². The number of amides is 2. The summed E-state index contributed by atoms with van der Waals surface area (Å²) in [5, 5.41) is 0. The van der Waals surface area contributed by atoms with Crippen molar-refractivity contribution in [3.8, 4) is 11.5 Å². The van der Waals surface area contributed by atoms with Gasteiger partial charge in [0.05, 0.1) is 26.2 Å². The maximum Gasteiger partial charge on any atom is 0.254 e. The third kappa shape index (κ3) is 3.80. The Hall–Kier alpha value is -3.09. The maximum atomic E-state index is 14.1. The van der Waals surface area contributed by atoms with Crippen molar-refractivity contribution in [1.82, 2.24) is 14.8 Å². The number of carbonyl (C=O) groups excluding carboxylic acids is 2. The Kier molecular flexibility index (Phi) is 6.09. The van der Waals surface area contributed by atoms with Gasteiger partial charge >= 0.3 is 0 Å². The minimum absolute atomic E-state index is 0.0325. The first-order valence-corrected chi connectivity index (χ1v) is 11.1. The summed E-state index contributed by atoms with van der Waals surface area (Å²) in [6, 6.07) is 6.79. The van der Waals surface area contributed by atoms with Crippen LogP contribution in [0.15, 0.2) is 36.7 Å². The normalized spacial score (nSPS) is 25.3. The molecule has 0 spiro atoms. The molecule has 4 atom stereocenters. The van der Waals surface area contributed by atoms with E-state index in [2.05, 4.69) is 18.8 Å². The lowest BCUT2D eigenvalue weighted by molar-refractivity contribution is -0.137. The standard InChI is InChI=1S/C25H31N3O4/c1-15-9-16(2)14-28(13-15)25(30)22-18-10-20(31-4)21(32-5)11-19(18)24(29)27(3)23(22)17-7-6-8-26-12-17/h6-8,10-12,15-16,22-23H,9,13-14H2,1-5H3/t15-,16-,22+,23-/m1/s1. The number of methoxy groups -OCH3 is 2. The van der Waals surface area contributed by atoms with Crippen molar-refractivity contribution in [3.05, 3.63) is 53.3 Å². The van der Waals surface area contributed by atoms with Gasteiger partial charge < -0.3 is 19.3 Å². The summed E-state index contributed by atoms with van der Waals surface area (Å²) < 4.78 is 11.0. The molecule has 1 saturated heterocycles. The molecule has 7 heteroatoms. The molecule has 170 valence electrons. The number of hydrogen-bond donors (Lipinski definition) is 0. The van der Waals surface area contributed by atoms with Gasteiger partial charge in [-0.15, -0.1) is 0 Å². The second-order valence-electron chi connectivity index (χ2n) is 9.11. The molecule has 0 bridgehead atoms. The van der Waals surface area contributed by atoms with Crippen molar-refractivity contribution >= 4 is 11.8 Å². The van der Waals surface area contributed by atoms with E-state index in [0.717, 1.165) is 25.1 Å². The summed E-state index contributed by atoms with van der Waals surface area (Å²) in [5.74, 6) is 1.17. The Labute approximate surface area is 189 Å². The van der Waals surface area contributed by atoms with Crippen LogP contribution in [0.25, 0.3) is 0 Å². The van der Waals surface area contributed by atoms with Gasteiger partial charge in [-0.2, -0.15) is 0 Å². The van der Waals surface area contributed by atoms with E-state index in [4.69, 9.17) is 9.47 Å². The number of likely N-dealkylation sites (N-methyl/N-ethyl adjacent to an activating group) is 1. The molecule has 2 amide bonds. The quantitative estimate of drug-likeness (QED) is 0.732. The predicted molar refractivity (Wildman–Crippen MR) is 121 cm³/mol. The molecule has 7 nitrogen and oxygen atoms in total. The number of aromatic nitrogens is 1. The van der Waals surface area contributed by atoms with Crippen molar-refractivity contribution in [2.24, 2.45) is 11.8 Å². The molecular formula is C25H31N3O4. The molecule has 1 aromatic heterocycles. The minimum atomic E-state index is -0.561. The Morgan fingerprint density at radius 1 is 1.09 bits per heavy atom.